The molecule has 1 saturated heterocycles. The van der Waals surface area contributed by atoms with E-state index in [-0.39, 0.29) is 0 Å². The number of hydrogen-bond acceptors (Lipinski definition) is 3. The lowest BCUT2D eigenvalue weighted by Crippen LogP contribution is -2.29. The lowest BCUT2D eigenvalue weighted by Gasteiger charge is -2.25. The van der Waals surface area contributed by atoms with Crippen molar-refractivity contribution in [1.82, 2.24) is 14.7 Å². The minimum absolute atomic E-state index is 0.672. The van der Waals surface area contributed by atoms with Crippen LogP contribution >= 0.6 is 0 Å². The van der Waals surface area contributed by atoms with E-state index in [1.807, 2.05) is 17.1 Å². The Morgan fingerprint density at radius 1 is 1.21 bits per heavy atom. The highest BCUT2D eigenvalue weighted by atomic mass is 16.3. The second kappa shape index (κ2) is 6.53. The van der Waals surface area contributed by atoms with Gasteiger partial charge in [0.2, 0.25) is 0 Å². The number of rotatable bonds is 5. The zero-order valence-corrected chi connectivity index (χ0v) is 12.3. The van der Waals surface area contributed by atoms with Crippen LogP contribution in [-0.2, 0) is 12.1 Å². The van der Waals surface area contributed by atoms with Gasteiger partial charge in [-0.3, -0.25) is 4.68 Å². The highest BCUT2D eigenvalue weighted by Gasteiger charge is 2.32. The van der Waals surface area contributed by atoms with Crippen LogP contribution in [0.3, 0.4) is 0 Å². The van der Waals surface area contributed by atoms with E-state index in [0.29, 0.717) is 0 Å². The van der Waals surface area contributed by atoms with Crippen molar-refractivity contribution in [3.8, 4) is 0 Å². The molecule has 1 aliphatic rings. The minimum atomic E-state index is -0.672. The fourth-order valence-electron chi connectivity index (χ4n) is 2.96. The number of aliphatic hydroxyl groups is 1. The molecule has 0 aliphatic carbocycles. The minimum Gasteiger partial charge on any atom is -0.385 e. The molecule has 108 valence electrons. The van der Waals surface area contributed by atoms with Crippen molar-refractivity contribution in [2.45, 2.75) is 58.1 Å². The average molecular weight is 265 g/mol. The molecule has 0 radical (unpaired) electrons. The third-order valence-corrected chi connectivity index (χ3v) is 4.07. The van der Waals surface area contributed by atoms with Crippen LogP contribution in [0.15, 0.2) is 12.4 Å². The van der Waals surface area contributed by atoms with Gasteiger partial charge in [-0.25, -0.2) is 0 Å². The van der Waals surface area contributed by atoms with Gasteiger partial charge in [-0.15, -0.1) is 0 Å². The summed E-state index contributed by atoms with van der Waals surface area (Å²) >= 11 is 0. The second-order valence-corrected chi connectivity index (χ2v) is 5.72. The van der Waals surface area contributed by atoms with E-state index < -0.39 is 5.60 Å². The molecule has 19 heavy (non-hydrogen) atoms. The monoisotopic (exact) mass is 265 g/mol. The van der Waals surface area contributed by atoms with E-state index in [0.717, 1.165) is 57.4 Å². The van der Waals surface area contributed by atoms with Crippen LogP contribution in [0, 0.1) is 0 Å². The van der Waals surface area contributed by atoms with Gasteiger partial charge in [-0.1, -0.05) is 13.8 Å². The summed E-state index contributed by atoms with van der Waals surface area (Å²) < 4.78 is 1.95. The highest BCUT2D eigenvalue weighted by molar-refractivity contribution is 5.15. The van der Waals surface area contributed by atoms with Gasteiger partial charge in [0.15, 0.2) is 0 Å². The molecule has 1 fully saturated rings. The molecule has 1 aliphatic heterocycles. The maximum Gasteiger partial charge on any atom is 0.0939 e. The number of nitrogens with zero attached hydrogens (tertiary/aromatic N) is 3. The smallest absolute Gasteiger partial charge is 0.0939 e. The fourth-order valence-corrected chi connectivity index (χ4v) is 2.96. The van der Waals surface area contributed by atoms with Crippen molar-refractivity contribution in [3.63, 3.8) is 0 Å². The maximum atomic E-state index is 10.9. The predicted molar refractivity (Wildman–Crippen MR) is 77.0 cm³/mol. The van der Waals surface area contributed by atoms with Crippen molar-refractivity contribution in [2.24, 2.45) is 0 Å². The van der Waals surface area contributed by atoms with E-state index in [1.165, 1.54) is 6.42 Å². The van der Waals surface area contributed by atoms with Crippen molar-refractivity contribution in [1.29, 1.82) is 0 Å². The van der Waals surface area contributed by atoms with Crippen molar-refractivity contribution < 1.29 is 5.11 Å². The fraction of sp³-hybridized carbons (Fsp3) is 0.800. The first-order chi connectivity index (χ1) is 9.18. The summed E-state index contributed by atoms with van der Waals surface area (Å²) in [4.78, 5) is 2.47. The molecule has 0 aromatic carbocycles. The Balaban J connectivity index is 2.04. The SMILES string of the molecule is CCCN1CCCC(O)(c2cnn(CCC)c2)CC1. The molecule has 4 heteroatoms. The molecule has 1 N–H and O–H groups in total. The number of aromatic nitrogens is 2. The third-order valence-electron chi connectivity index (χ3n) is 4.07. The summed E-state index contributed by atoms with van der Waals surface area (Å²) in [6, 6.07) is 0. The van der Waals surface area contributed by atoms with Gasteiger partial charge in [0.1, 0.15) is 0 Å². The molecule has 1 aromatic heterocycles. The summed E-state index contributed by atoms with van der Waals surface area (Å²) in [6.07, 6.45) is 8.88. The number of likely N-dealkylation sites (tertiary alicyclic amines) is 1. The summed E-state index contributed by atoms with van der Waals surface area (Å²) in [5, 5.41) is 15.3. The van der Waals surface area contributed by atoms with Gasteiger partial charge >= 0.3 is 0 Å². The van der Waals surface area contributed by atoms with Gasteiger partial charge in [0, 0.05) is 24.8 Å². The Bertz CT molecular complexity index is 390. The van der Waals surface area contributed by atoms with Crippen LogP contribution < -0.4 is 0 Å². The van der Waals surface area contributed by atoms with E-state index >= 15 is 0 Å². The Hall–Kier alpha value is -0.870. The van der Waals surface area contributed by atoms with E-state index in [1.54, 1.807) is 0 Å². The molecule has 0 amide bonds. The number of aryl methyl sites for hydroxylation is 1. The normalized spacial score (nSPS) is 25.4. The highest BCUT2D eigenvalue weighted by Crippen LogP contribution is 2.32. The summed E-state index contributed by atoms with van der Waals surface area (Å²) in [5.74, 6) is 0. The van der Waals surface area contributed by atoms with Crippen LogP contribution in [0.4, 0.5) is 0 Å². The lowest BCUT2D eigenvalue weighted by molar-refractivity contribution is 0.0211. The first-order valence-corrected chi connectivity index (χ1v) is 7.65. The lowest BCUT2D eigenvalue weighted by atomic mass is 9.89. The standard InChI is InChI=1S/C15H27N3O/c1-3-8-17-10-5-6-15(19,7-11-17)14-12-16-18(13-14)9-4-2/h12-13,19H,3-11H2,1-2H3. The van der Waals surface area contributed by atoms with Gasteiger partial charge in [-0.05, 0) is 45.2 Å². The maximum absolute atomic E-state index is 10.9. The summed E-state index contributed by atoms with van der Waals surface area (Å²) in [5.41, 5.74) is 0.327. The molecule has 1 aromatic rings. The number of hydrogen-bond donors (Lipinski definition) is 1. The molecule has 2 heterocycles. The Morgan fingerprint density at radius 3 is 2.74 bits per heavy atom. The first-order valence-electron chi connectivity index (χ1n) is 7.65. The molecular weight excluding hydrogens is 238 g/mol. The van der Waals surface area contributed by atoms with Crippen molar-refractivity contribution >= 4 is 0 Å². The van der Waals surface area contributed by atoms with Crippen LogP contribution in [0.5, 0.6) is 0 Å². The van der Waals surface area contributed by atoms with Gasteiger partial charge in [0.05, 0.1) is 11.8 Å². The van der Waals surface area contributed by atoms with E-state index in [9.17, 15) is 5.11 Å². The van der Waals surface area contributed by atoms with Crippen LogP contribution in [0.25, 0.3) is 0 Å². The van der Waals surface area contributed by atoms with Crippen LogP contribution in [0.2, 0.25) is 0 Å². The third kappa shape index (κ3) is 3.57. The van der Waals surface area contributed by atoms with Crippen molar-refractivity contribution in [2.75, 3.05) is 19.6 Å². The van der Waals surface area contributed by atoms with Crippen molar-refractivity contribution in [3.05, 3.63) is 18.0 Å². The first kappa shape index (κ1) is 14.5. The summed E-state index contributed by atoms with van der Waals surface area (Å²) in [6.45, 7) is 8.53. The largest absolute Gasteiger partial charge is 0.385 e. The summed E-state index contributed by atoms with van der Waals surface area (Å²) in [7, 11) is 0. The Labute approximate surface area is 116 Å². The molecule has 1 atom stereocenters. The predicted octanol–water partition coefficient (Wildman–Crippen LogP) is 2.38. The van der Waals surface area contributed by atoms with Gasteiger partial charge < -0.3 is 10.0 Å². The Kier molecular flexibility index (Phi) is 4.99. The quantitative estimate of drug-likeness (QED) is 0.888. The second-order valence-electron chi connectivity index (χ2n) is 5.72. The molecule has 1 unspecified atom stereocenters. The molecular formula is C15H27N3O. The van der Waals surface area contributed by atoms with Gasteiger partial charge in [-0.2, -0.15) is 5.10 Å². The van der Waals surface area contributed by atoms with Gasteiger partial charge in [0.25, 0.3) is 0 Å². The Morgan fingerprint density at radius 2 is 2.00 bits per heavy atom. The molecule has 0 bridgehead atoms. The zero-order valence-electron chi connectivity index (χ0n) is 12.3. The van der Waals surface area contributed by atoms with E-state index in [2.05, 4.69) is 23.8 Å². The van der Waals surface area contributed by atoms with E-state index in [4.69, 9.17) is 0 Å². The molecule has 2 rings (SSSR count). The van der Waals surface area contributed by atoms with Crippen LogP contribution in [-0.4, -0.2) is 39.4 Å². The topological polar surface area (TPSA) is 41.3 Å². The molecule has 0 saturated carbocycles. The zero-order chi connectivity index (χ0) is 13.7. The molecule has 4 nitrogen and oxygen atoms in total. The average Bonchev–Trinajstić information content (AvgIpc) is 2.78. The molecule has 0 spiro atoms. The van der Waals surface area contributed by atoms with Crippen LogP contribution in [0.1, 0.15) is 51.5 Å².